The highest BCUT2D eigenvalue weighted by molar-refractivity contribution is 6.05. The first-order valence-electron chi connectivity index (χ1n) is 7.13. The van der Waals surface area contributed by atoms with E-state index in [1.807, 2.05) is 38.1 Å². The molecule has 0 radical (unpaired) electrons. The van der Waals surface area contributed by atoms with E-state index in [1.165, 1.54) is 6.26 Å². The lowest BCUT2D eigenvalue weighted by Gasteiger charge is -2.42. The highest BCUT2D eigenvalue weighted by Crippen LogP contribution is 2.26. The number of nitrogens with two attached hydrogens (primary N) is 1. The largest absolute Gasteiger partial charge is 0.463 e. The maximum absolute atomic E-state index is 12.8. The number of para-hydroxylation sites is 1. The van der Waals surface area contributed by atoms with E-state index in [4.69, 9.17) is 14.9 Å². The van der Waals surface area contributed by atoms with Crippen LogP contribution in [0.3, 0.4) is 0 Å². The SMILES string of the molecule is CC1(C)CN(C(=O)c2coc3ccccc23)CC(CN)O1. The van der Waals surface area contributed by atoms with Gasteiger partial charge in [0.1, 0.15) is 11.8 Å². The lowest BCUT2D eigenvalue weighted by molar-refractivity contribution is -0.122. The molecular formula is C16H20N2O3. The van der Waals surface area contributed by atoms with Crippen molar-refractivity contribution < 1.29 is 13.9 Å². The highest BCUT2D eigenvalue weighted by atomic mass is 16.5. The molecule has 1 unspecified atom stereocenters. The number of ether oxygens (including phenoxy) is 1. The second-order valence-electron chi connectivity index (χ2n) is 6.07. The van der Waals surface area contributed by atoms with Crippen LogP contribution in [0.25, 0.3) is 11.0 Å². The van der Waals surface area contributed by atoms with Crippen LogP contribution in [0.4, 0.5) is 0 Å². The van der Waals surface area contributed by atoms with Gasteiger partial charge in [0.2, 0.25) is 0 Å². The third kappa shape index (κ3) is 2.66. The van der Waals surface area contributed by atoms with Gasteiger partial charge in [-0.15, -0.1) is 0 Å². The molecule has 1 aromatic heterocycles. The lowest BCUT2D eigenvalue weighted by atomic mass is 10.0. The first kappa shape index (κ1) is 14.1. The van der Waals surface area contributed by atoms with Crippen LogP contribution in [0.5, 0.6) is 0 Å². The van der Waals surface area contributed by atoms with Gasteiger partial charge in [-0.3, -0.25) is 4.79 Å². The predicted octanol–water partition coefficient (Wildman–Crippen LogP) is 2.01. The van der Waals surface area contributed by atoms with Crippen LogP contribution in [-0.4, -0.2) is 42.1 Å². The Morgan fingerprint density at radius 2 is 2.19 bits per heavy atom. The van der Waals surface area contributed by atoms with Crippen molar-refractivity contribution in [1.29, 1.82) is 0 Å². The molecule has 5 nitrogen and oxygen atoms in total. The minimum atomic E-state index is -0.391. The Bertz CT molecular complexity index is 662. The summed E-state index contributed by atoms with van der Waals surface area (Å²) >= 11 is 0. The summed E-state index contributed by atoms with van der Waals surface area (Å²) in [6.07, 6.45) is 1.41. The van der Waals surface area contributed by atoms with Crippen LogP contribution < -0.4 is 5.73 Å². The maximum Gasteiger partial charge on any atom is 0.257 e. The summed E-state index contributed by atoms with van der Waals surface area (Å²) in [6.45, 7) is 5.41. The van der Waals surface area contributed by atoms with Gasteiger partial charge in [0.15, 0.2) is 0 Å². The second-order valence-corrected chi connectivity index (χ2v) is 6.07. The second kappa shape index (κ2) is 5.16. The van der Waals surface area contributed by atoms with Gasteiger partial charge in [-0.2, -0.15) is 0 Å². The van der Waals surface area contributed by atoms with Crippen LogP contribution in [0.1, 0.15) is 24.2 Å². The summed E-state index contributed by atoms with van der Waals surface area (Å²) in [7, 11) is 0. The van der Waals surface area contributed by atoms with Gasteiger partial charge >= 0.3 is 0 Å². The topological polar surface area (TPSA) is 68.7 Å². The van der Waals surface area contributed by atoms with Crippen molar-refractivity contribution in [2.24, 2.45) is 5.73 Å². The molecule has 112 valence electrons. The molecule has 1 aliphatic heterocycles. The molecule has 1 atom stereocenters. The quantitative estimate of drug-likeness (QED) is 0.918. The maximum atomic E-state index is 12.8. The van der Waals surface area contributed by atoms with E-state index in [2.05, 4.69) is 0 Å². The number of hydrogen-bond donors (Lipinski definition) is 1. The van der Waals surface area contributed by atoms with E-state index in [0.29, 0.717) is 25.2 Å². The van der Waals surface area contributed by atoms with Crippen LogP contribution in [0.2, 0.25) is 0 Å². The van der Waals surface area contributed by atoms with Crippen LogP contribution >= 0.6 is 0 Å². The molecule has 0 aliphatic carbocycles. The molecule has 2 N–H and O–H groups in total. The molecule has 0 spiro atoms. The monoisotopic (exact) mass is 288 g/mol. The number of hydrogen-bond acceptors (Lipinski definition) is 4. The molecule has 1 amide bonds. The molecule has 1 aromatic carbocycles. The zero-order valence-electron chi connectivity index (χ0n) is 12.3. The van der Waals surface area contributed by atoms with Gasteiger partial charge in [0.05, 0.1) is 17.3 Å². The molecule has 3 rings (SSSR count). The van der Waals surface area contributed by atoms with E-state index in [-0.39, 0.29) is 12.0 Å². The zero-order chi connectivity index (χ0) is 15.0. The molecule has 2 heterocycles. The summed E-state index contributed by atoms with van der Waals surface area (Å²) in [5.41, 5.74) is 6.65. The van der Waals surface area contributed by atoms with Crippen LogP contribution in [-0.2, 0) is 4.74 Å². The molecule has 0 bridgehead atoms. The fraction of sp³-hybridized carbons (Fsp3) is 0.438. The van der Waals surface area contributed by atoms with Gasteiger partial charge in [0.25, 0.3) is 5.91 Å². The highest BCUT2D eigenvalue weighted by Gasteiger charge is 2.36. The number of benzene rings is 1. The predicted molar refractivity (Wildman–Crippen MR) is 80.1 cm³/mol. The average Bonchev–Trinajstić information content (AvgIpc) is 2.88. The Hall–Kier alpha value is -1.85. The minimum absolute atomic E-state index is 0.0326. The normalized spacial score (nSPS) is 21.7. The van der Waals surface area contributed by atoms with Gasteiger partial charge in [0, 0.05) is 25.0 Å². The third-order valence-electron chi connectivity index (χ3n) is 3.74. The fourth-order valence-electron chi connectivity index (χ4n) is 2.89. The first-order valence-corrected chi connectivity index (χ1v) is 7.13. The number of carbonyl (C=O) groups excluding carboxylic acids is 1. The van der Waals surface area contributed by atoms with Crippen molar-refractivity contribution in [2.45, 2.75) is 25.6 Å². The van der Waals surface area contributed by atoms with E-state index >= 15 is 0 Å². The molecule has 2 aromatic rings. The Balaban J connectivity index is 1.90. The third-order valence-corrected chi connectivity index (χ3v) is 3.74. The molecular weight excluding hydrogens is 268 g/mol. The molecule has 1 saturated heterocycles. The molecule has 5 heteroatoms. The van der Waals surface area contributed by atoms with Crippen LogP contribution in [0, 0.1) is 0 Å². The van der Waals surface area contributed by atoms with E-state index < -0.39 is 5.60 Å². The average molecular weight is 288 g/mol. The molecule has 1 aliphatic rings. The van der Waals surface area contributed by atoms with Crippen molar-refractivity contribution in [3.05, 3.63) is 36.1 Å². The molecule has 0 saturated carbocycles. The Labute approximate surface area is 123 Å². The summed E-state index contributed by atoms with van der Waals surface area (Å²) in [5, 5.41) is 0.844. The fourth-order valence-corrected chi connectivity index (χ4v) is 2.89. The van der Waals surface area contributed by atoms with Crippen molar-refractivity contribution in [2.75, 3.05) is 19.6 Å². The Kier molecular flexibility index (Phi) is 3.47. The number of furan rings is 1. The van der Waals surface area contributed by atoms with Crippen molar-refractivity contribution in [1.82, 2.24) is 4.90 Å². The number of amides is 1. The summed E-state index contributed by atoms with van der Waals surface area (Å²) in [6, 6.07) is 7.55. The number of rotatable bonds is 2. The Morgan fingerprint density at radius 1 is 1.43 bits per heavy atom. The number of morpholine rings is 1. The summed E-state index contributed by atoms with van der Waals surface area (Å²) in [4.78, 5) is 14.6. The number of fused-ring (bicyclic) bond motifs is 1. The van der Waals surface area contributed by atoms with Crippen molar-refractivity contribution >= 4 is 16.9 Å². The van der Waals surface area contributed by atoms with Crippen molar-refractivity contribution in [3.8, 4) is 0 Å². The van der Waals surface area contributed by atoms with E-state index in [1.54, 1.807) is 4.90 Å². The Morgan fingerprint density at radius 3 is 2.95 bits per heavy atom. The number of nitrogens with zero attached hydrogens (tertiary/aromatic N) is 1. The van der Waals surface area contributed by atoms with Crippen molar-refractivity contribution in [3.63, 3.8) is 0 Å². The molecule has 1 fully saturated rings. The van der Waals surface area contributed by atoms with Gasteiger partial charge in [-0.1, -0.05) is 18.2 Å². The summed E-state index contributed by atoms with van der Waals surface area (Å²) in [5.74, 6) is -0.0326. The van der Waals surface area contributed by atoms with Gasteiger partial charge < -0.3 is 19.8 Å². The zero-order valence-corrected chi connectivity index (χ0v) is 12.3. The minimum Gasteiger partial charge on any atom is -0.463 e. The standard InChI is InChI=1S/C16H20N2O3/c1-16(2)10-18(8-11(7-17)21-16)15(19)13-9-20-14-6-4-3-5-12(13)14/h3-6,9,11H,7-8,10,17H2,1-2H3. The first-order chi connectivity index (χ1) is 10.00. The van der Waals surface area contributed by atoms with E-state index in [0.717, 1.165) is 11.0 Å². The van der Waals surface area contributed by atoms with Crippen LogP contribution in [0.15, 0.2) is 34.9 Å². The number of carbonyl (C=O) groups is 1. The molecule has 21 heavy (non-hydrogen) atoms. The van der Waals surface area contributed by atoms with Gasteiger partial charge in [-0.05, 0) is 19.9 Å². The van der Waals surface area contributed by atoms with E-state index in [9.17, 15) is 4.79 Å². The summed E-state index contributed by atoms with van der Waals surface area (Å²) < 4.78 is 11.3. The lowest BCUT2D eigenvalue weighted by Crippen LogP contribution is -2.56. The van der Waals surface area contributed by atoms with Gasteiger partial charge in [-0.25, -0.2) is 0 Å². The smallest absolute Gasteiger partial charge is 0.257 e.